The lowest BCUT2D eigenvalue weighted by Crippen LogP contribution is -2.43. The van der Waals surface area contributed by atoms with Crippen LogP contribution in [0.5, 0.6) is 0 Å². The molecule has 1 fully saturated rings. The van der Waals surface area contributed by atoms with E-state index in [1.54, 1.807) is 6.07 Å². The molecule has 1 N–H and O–H groups in total. The van der Waals surface area contributed by atoms with Crippen molar-refractivity contribution in [2.45, 2.75) is 44.3 Å². The first kappa shape index (κ1) is 15.4. The van der Waals surface area contributed by atoms with Gasteiger partial charge in [0, 0.05) is 10.0 Å². The summed E-state index contributed by atoms with van der Waals surface area (Å²) in [4.78, 5) is 11.9. The fourth-order valence-corrected chi connectivity index (χ4v) is 2.40. The number of hydrogen-bond donors (Lipinski definition) is 1. The van der Waals surface area contributed by atoms with Crippen LogP contribution in [-0.2, 0) is 5.41 Å². The summed E-state index contributed by atoms with van der Waals surface area (Å²) in [6, 6.07) is 3.26. The maximum atomic E-state index is 12.5. The van der Waals surface area contributed by atoms with Crippen molar-refractivity contribution in [3.63, 3.8) is 0 Å². The quantitative estimate of drug-likeness (QED) is 0.871. The van der Waals surface area contributed by atoms with Gasteiger partial charge in [0.25, 0.3) is 5.91 Å². The third-order valence-electron chi connectivity index (χ3n) is 3.70. The maximum absolute atomic E-state index is 12.5. The highest BCUT2D eigenvalue weighted by Crippen LogP contribution is 2.48. The van der Waals surface area contributed by atoms with Gasteiger partial charge in [0.05, 0.1) is 0 Å². The van der Waals surface area contributed by atoms with E-state index in [-0.39, 0.29) is 11.0 Å². The molecule has 1 aliphatic rings. The molecule has 1 saturated carbocycles. The Labute approximate surface area is 123 Å². The van der Waals surface area contributed by atoms with Crippen LogP contribution in [0.3, 0.4) is 0 Å². The van der Waals surface area contributed by atoms with E-state index in [2.05, 4.69) is 22.9 Å². The SMILES string of the molecule is CC(NC(=O)c1cc(Br)cc(C2(C)CC2)c1)C(F)(F)F. The Bertz CT molecular complexity index is 538. The van der Waals surface area contributed by atoms with Crippen LogP contribution in [0.25, 0.3) is 0 Å². The van der Waals surface area contributed by atoms with Crippen LogP contribution >= 0.6 is 15.9 Å². The summed E-state index contributed by atoms with van der Waals surface area (Å²) in [5.74, 6) is -0.707. The molecule has 2 rings (SSSR count). The van der Waals surface area contributed by atoms with E-state index in [0.29, 0.717) is 4.47 Å². The summed E-state index contributed by atoms with van der Waals surface area (Å²) in [7, 11) is 0. The van der Waals surface area contributed by atoms with Gasteiger partial charge in [-0.1, -0.05) is 22.9 Å². The zero-order valence-electron chi connectivity index (χ0n) is 11.1. The predicted molar refractivity (Wildman–Crippen MR) is 73.7 cm³/mol. The molecular formula is C14H15BrF3NO. The van der Waals surface area contributed by atoms with Crippen molar-refractivity contribution in [1.29, 1.82) is 0 Å². The Balaban J connectivity index is 2.20. The summed E-state index contributed by atoms with van der Waals surface area (Å²) in [6.07, 6.45) is -2.38. The molecule has 20 heavy (non-hydrogen) atoms. The van der Waals surface area contributed by atoms with Gasteiger partial charge in [0.15, 0.2) is 0 Å². The van der Waals surface area contributed by atoms with Gasteiger partial charge in [0.2, 0.25) is 0 Å². The van der Waals surface area contributed by atoms with Gasteiger partial charge >= 0.3 is 6.18 Å². The lowest BCUT2D eigenvalue weighted by Gasteiger charge is -2.18. The number of carbonyl (C=O) groups excluding carboxylic acids is 1. The first-order chi connectivity index (χ1) is 9.12. The average molecular weight is 350 g/mol. The van der Waals surface area contributed by atoms with E-state index < -0.39 is 18.1 Å². The van der Waals surface area contributed by atoms with Gasteiger partial charge in [-0.05, 0) is 48.9 Å². The predicted octanol–water partition coefficient (Wildman–Crippen LogP) is 4.18. The van der Waals surface area contributed by atoms with E-state index in [4.69, 9.17) is 0 Å². The van der Waals surface area contributed by atoms with E-state index in [0.717, 1.165) is 25.3 Å². The molecule has 0 bridgehead atoms. The molecule has 0 aromatic heterocycles. The minimum Gasteiger partial charge on any atom is -0.341 e. The fourth-order valence-electron chi connectivity index (χ4n) is 1.91. The second-order valence-electron chi connectivity index (χ2n) is 5.53. The second kappa shape index (κ2) is 5.06. The maximum Gasteiger partial charge on any atom is 0.408 e. The molecule has 0 spiro atoms. The first-order valence-electron chi connectivity index (χ1n) is 6.30. The number of rotatable bonds is 3. The van der Waals surface area contributed by atoms with Crippen LogP contribution in [0.15, 0.2) is 22.7 Å². The van der Waals surface area contributed by atoms with Crippen molar-refractivity contribution >= 4 is 21.8 Å². The molecule has 0 heterocycles. The van der Waals surface area contributed by atoms with Gasteiger partial charge in [-0.15, -0.1) is 0 Å². The highest BCUT2D eigenvalue weighted by molar-refractivity contribution is 9.10. The van der Waals surface area contributed by atoms with Crippen molar-refractivity contribution in [2.75, 3.05) is 0 Å². The Morgan fingerprint density at radius 1 is 1.35 bits per heavy atom. The highest BCUT2D eigenvalue weighted by atomic mass is 79.9. The molecule has 0 aliphatic heterocycles. The minimum atomic E-state index is -4.44. The topological polar surface area (TPSA) is 29.1 Å². The van der Waals surface area contributed by atoms with Crippen LogP contribution in [0, 0.1) is 0 Å². The summed E-state index contributed by atoms with van der Waals surface area (Å²) in [6.45, 7) is 3.01. The van der Waals surface area contributed by atoms with Gasteiger partial charge in [-0.2, -0.15) is 13.2 Å². The number of hydrogen-bond acceptors (Lipinski definition) is 1. The Morgan fingerprint density at radius 2 is 1.95 bits per heavy atom. The highest BCUT2D eigenvalue weighted by Gasteiger charge is 2.40. The third-order valence-corrected chi connectivity index (χ3v) is 4.15. The number of carbonyl (C=O) groups is 1. The largest absolute Gasteiger partial charge is 0.408 e. The summed E-state index contributed by atoms with van der Waals surface area (Å²) in [5.41, 5.74) is 1.28. The van der Waals surface area contributed by atoms with Crippen molar-refractivity contribution in [1.82, 2.24) is 5.32 Å². The molecule has 110 valence electrons. The van der Waals surface area contributed by atoms with Gasteiger partial charge in [-0.25, -0.2) is 0 Å². The van der Waals surface area contributed by atoms with Crippen LogP contribution in [0.1, 0.15) is 42.6 Å². The van der Waals surface area contributed by atoms with Crippen LogP contribution < -0.4 is 5.32 Å². The van der Waals surface area contributed by atoms with Crippen molar-refractivity contribution in [2.24, 2.45) is 0 Å². The number of amides is 1. The Kier molecular flexibility index (Phi) is 3.88. The molecule has 1 atom stereocenters. The number of nitrogens with one attached hydrogen (secondary N) is 1. The number of halogens is 4. The third kappa shape index (κ3) is 3.34. The normalized spacial score (nSPS) is 18.5. The van der Waals surface area contributed by atoms with Crippen LogP contribution in [-0.4, -0.2) is 18.1 Å². The molecule has 0 saturated heterocycles. The first-order valence-corrected chi connectivity index (χ1v) is 7.10. The summed E-state index contributed by atoms with van der Waals surface area (Å²) >= 11 is 3.31. The lowest BCUT2D eigenvalue weighted by atomic mass is 9.96. The number of benzene rings is 1. The fraction of sp³-hybridized carbons (Fsp3) is 0.500. The Hall–Kier alpha value is -1.04. The summed E-state index contributed by atoms with van der Waals surface area (Å²) < 4.78 is 38.1. The van der Waals surface area contributed by atoms with Gasteiger partial charge in [-0.3, -0.25) is 4.79 Å². The van der Waals surface area contributed by atoms with E-state index in [1.165, 1.54) is 6.07 Å². The van der Waals surface area contributed by atoms with Crippen LogP contribution in [0.4, 0.5) is 13.2 Å². The minimum absolute atomic E-state index is 0.0501. The number of alkyl halides is 3. The second-order valence-corrected chi connectivity index (χ2v) is 6.44. The summed E-state index contributed by atoms with van der Waals surface area (Å²) in [5, 5.41) is 1.98. The molecular weight excluding hydrogens is 335 g/mol. The van der Waals surface area contributed by atoms with Crippen molar-refractivity contribution in [3.8, 4) is 0 Å². The van der Waals surface area contributed by atoms with Gasteiger partial charge in [0.1, 0.15) is 6.04 Å². The van der Waals surface area contributed by atoms with Crippen molar-refractivity contribution in [3.05, 3.63) is 33.8 Å². The van der Waals surface area contributed by atoms with E-state index >= 15 is 0 Å². The monoisotopic (exact) mass is 349 g/mol. The zero-order valence-corrected chi connectivity index (χ0v) is 12.7. The van der Waals surface area contributed by atoms with Crippen molar-refractivity contribution < 1.29 is 18.0 Å². The smallest absolute Gasteiger partial charge is 0.341 e. The molecule has 1 amide bonds. The van der Waals surface area contributed by atoms with E-state index in [1.807, 2.05) is 11.4 Å². The Morgan fingerprint density at radius 3 is 2.45 bits per heavy atom. The van der Waals surface area contributed by atoms with Gasteiger partial charge < -0.3 is 5.32 Å². The molecule has 1 unspecified atom stereocenters. The molecule has 1 aromatic rings. The molecule has 1 aliphatic carbocycles. The van der Waals surface area contributed by atoms with E-state index in [9.17, 15) is 18.0 Å². The van der Waals surface area contributed by atoms with Crippen LogP contribution in [0.2, 0.25) is 0 Å². The molecule has 6 heteroatoms. The molecule has 2 nitrogen and oxygen atoms in total. The molecule has 1 aromatic carbocycles. The molecule has 0 radical (unpaired) electrons. The lowest BCUT2D eigenvalue weighted by molar-refractivity contribution is -0.149. The average Bonchev–Trinajstić information content (AvgIpc) is 3.06. The standard InChI is InChI=1S/C14H15BrF3NO/c1-8(14(16,17)18)19-12(20)9-5-10(7-11(15)6-9)13(2)3-4-13/h5-8H,3-4H2,1-2H3,(H,19,20). The zero-order chi connectivity index (χ0) is 15.1.